The van der Waals surface area contributed by atoms with Gasteiger partial charge in [-0.2, -0.15) is 0 Å². The van der Waals surface area contributed by atoms with E-state index >= 15 is 0 Å². The Bertz CT molecular complexity index is 904. The molecule has 1 saturated heterocycles. The van der Waals surface area contributed by atoms with Crippen LogP contribution in [0.2, 0.25) is 0 Å². The van der Waals surface area contributed by atoms with Gasteiger partial charge < -0.3 is 15.0 Å². The molecule has 3 aliphatic carbocycles. The van der Waals surface area contributed by atoms with E-state index in [4.69, 9.17) is 4.74 Å². The van der Waals surface area contributed by atoms with E-state index in [2.05, 4.69) is 31.0 Å². The van der Waals surface area contributed by atoms with Crippen molar-refractivity contribution in [3.63, 3.8) is 0 Å². The highest BCUT2D eigenvalue weighted by Gasteiger charge is 2.63. The van der Waals surface area contributed by atoms with Crippen molar-refractivity contribution in [2.75, 3.05) is 7.05 Å². The van der Waals surface area contributed by atoms with Gasteiger partial charge in [-0.3, -0.25) is 4.79 Å². The second-order valence-corrected chi connectivity index (χ2v) is 11.9. The van der Waals surface area contributed by atoms with Crippen LogP contribution in [0.3, 0.4) is 0 Å². The fraction of sp³-hybridized carbons (Fsp3) is 0.714. The van der Waals surface area contributed by atoms with Gasteiger partial charge in [0.2, 0.25) is 5.91 Å². The summed E-state index contributed by atoms with van der Waals surface area (Å²) in [6, 6.07) is 10.4. The SMILES string of the molecule is C[C@H]1C[C@H]2N(C)C(=O)CC[C@]2(C)[C@H]2CC[C@]3(C)[C@@H](NC(=O)OCc4ccccc4)CC[C@H]3[C@H]12. The van der Waals surface area contributed by atoms with Crippen molar-refractivity contribution in [3.05, 3.63) is 35.9 Å². The van der Waals surface area contributed by atoms with E-state index in [0.29, 0.717) is 48.6 Å². The highest BCUT2D eigenvalue weighted by molar-refractivity contribution is 5.77. The molecule has 0 spiro atoms. The van der Waals surface area contributed by atoms with E-state index in [1.807, 2.05) is 37.4 Å². The van der Waals surface area contributed by atoms with E-state index in [1.165, 1.54) is 12.8 Å². The van der Waals surface area contributed by atoms with Gasteiger partial charge in [-0.15, -0.1) is 0 Å². The number of carbonyl (C=O) groups is 2. The lowest BCUT2D eigenvalue weighted by molar-refractivity contribution is -0.165. The zero-order chi connectivity index (χ0) is 23.4. The molecule has 0 radical (unpaired) electrons. The van der Waals surface area contributed by atoms with Crippen molar-refractivity contribution in [1.82, 2.24) is 10.2 Å². The molecule has 0 unspecified atom stereocenters. The molecule has 3 saturated carbocycles. The Kier molecular flexibility index (Phi) is 5.73. The van der Waals surface area contributed by atoms with E-state index < -0.39 is 0 Å². The first-order chi connectivity index (χ1) is 15.7. The van der Waals surface area contributed by atoms with Crippen LogP contribution in [0.5, 0.6) is 0 Å². The molecular formula is C28H40N2O3. The molecule has 33 heavy (non-hydrogen) atoms. The van der Waals surface area contributed by atoms with Crippen molar-refractivity contribution >= 4 is 12.0 Å². The van der Waals surface area contributed by atoms with Gasteiger partial charge in [0.15, 0.2) is 0 Å². The minimum atomic E-state index is -0.288. The fourth-order valence-electron chi connectivity index (χ4n) is 8.61. The Morgan fingerprint density at radius 3 is 2.58 bits per heavy atom. The van der Waals surface area contributed by atoms with Gasteiger partial charge in [0.05, 0.1) is 0 Å². The van der Waals surface area contributed by atoms with Crippen LogP contribution < -0.4 is 5.32 Å². The highest BCUT2D eigenvalue weighted by Crippen LogP contribution is 2.65. The number of rotatable bonds is 3. The number of hydrogen-bond donors (Lipinski definition) is 1. The molecule has 1 heterocycles. The summed E-state index contributed by atoms with van der Waals surface area (Å²) in [7, 11) is 2.03. The van der Waals surface area contributed by atoms with Crippen LogP contribution in [0.4, 0.5) is 4.79 Å². The zero-order valence-electron chi connectivity index (χ0n) is 20.7. The normalized spacial score (nSPS) is 42.2. The van der Waals surface area contributed by atoms with Crippen molar-refractivity contribution in [2.45, 2.75) is 84.4 Å². The Hall–Kier alpha value is -2.04. The molecule has 1 aromatic rings. The molecule has 4 fully saturated rings. The smallest absolute Gasteiger partial charge is 0.407 e. The van der Waals surface area contributed by atoms with Gasteiger partial charge in [0.25, 0.3) is 0 Å². The van der Waals surface area contributed by atoms with E-state index in [1.54, 1.807) is 0 Å². The number of benzene rings is 1. The number of nitrogens with one attached hydrogen (secondary N) is 1. The standard InChI is InChI=1S/C28H40N2O3/c1-18-16-23-28(3,15-13-24(31)30(23)4)21-12-14-27(2)20(25(18)21)10-11-22(27)29-26(32)33-17-19-8-6-5-7-9-19/h5-9,18,20-23,25H,10-17H2,1-4H3,(H,29,32)/t18-,20-,21-,22-,23+,25-,27-,28+/m0/s1. The first-order valence-electron chi connectivity index (χ1n) is 13.0. The van der Waals surface area contributed by atoms with Gasteiger partial charge in [0.1, 0.15) is 6.61 Å². The first kappa shape index (κ1) is 22.7. The Labute approximate surface area is 198 Å². The van der Waals surface area contributed by atoms with Crippen molar-refractivity contribution < 1.29 is 14.3 Å². The van der Waals surface area contributed by atoms with Crippen LogP contribution in [-0.2, 0) is 16.1 Å². The Morgan fingerprint density at radius 2 is 1.82 bits per heavy atom. The Morgan fingerprint density at radius 1 is 1.09 bits per heavy atom. The molecule has 2 amide bonds. The molecule has 5 rings (SSSR count). The van der Waals surface area contributed by atoms with Crippen molar-refractivity contribution in [3.8, 4) is 0 Å². The minimum absolute atomic E-state index is 0.126. The predicted octanol–water partition coefficient (Wildman–Crippen LogP) is 5.39. The molecular weight excluding hydrogens is 412 g/mol. The van der Waals surface area contributed by atoms with Crippen LogP contribution in [0.1, 0.15) is 71.3 Å². The topological polar surface area (TPSA) is 58.6 Å². The fourth-order valence-corrected chi connectivity index (χ4v) is 8.61. The van der Waals surface area contributed by atoms with Crippen LogP contribution in [0, 0.1) is 34.5 Å². The summed E-state index contributed by atoms with van der Waals surface area (Å²) in [4.78, 5) is 27.2. The van der Waals surface area contributed by atoms with Gasteiger partial charge in [0, 0.05) is 25.6 Å². The third-order valence-electron chi connectivity index (χ3n) is 10.4. The maximum Gasteiger partial charge on any atom is 0.407 e. The van der Waals surface area contributed by atoms with Gasteiger partial charge >= 0.3 is 6.09 Å². The Balaban J connectivity index is 1.29. The van der Waals surface area contributed by atoms with Gasteiger partial charge in [-0.05, 0) is 78.6 Å². The lowest BCUT2D eigenvalue weighted by atomic mass is 9.45. The number of nitrogens with zero attached hydrogens (tertiary/aromatic N) is 1. The zero-order valence-corrected chi connectivity index (χ0v) is 20.7. The lowest BCUT2D eigenvalue weighted by Gasteiger charge is -2.63. The van der Waals surface area contributed by atoms with E-state index in [0.717, 1.165) is 31.2 Å². The molecule has 0 bridgehead atoms. The van der Waals surface area contributed by atoms with Crippen LogP contribution >= 0.6 is 0 Å². The molecule has 180 valence electrons. The lowest BCUT2D eigenvalue weighted by Crippen LogP contribution is -2.63. The summed E-state index contributed by atoms with van der Waals surface area (Å²) in [6.45, 7) is 7.62. The third-order valence-corrected chi connectivity index (χ3v) is 10.4. The van der Waals surface area contributed by atoms with Gasteiger partial charge in [-0.1, -0.05) is 51.1 Å². The monoisotopic (exact) mass is 452 g/mol. The van der Waals surface area contributed by atoms with E-state index in [9.17, 15) is 9.59 Å². The largest absolute Gasteiger partial charge is 0.445 e. The molecule has 4 aliphatic rings. The number of hydrogen-bond acceptors (Lipinski definition) is 3. The summed E-state index contributed by atoms with van der Waals surface area (Å²) < 4.78 is 5.56. The number of fused-ring (bicyclic) bond motifs is 5. The third kappa shape index (κ3) is 3.66. The summed E-state index contributed by atoms with van der Waals surface area (Å²) in [5, 5.41) is 3.26. The first-order valence-corrected chi connectivity index (χ1v) is 13.0. The molecule has 8 atom stereocenters. The molecule has 0 aromatic heterocycles. The minimum Gasteiger partial charge on any atom is -0.445 e. The molecule has 1 N–H and O–H groups in total. The summed E-state index contributed by atoms with van der Waals surface area (Å²) >= 11 is 0. The maximum atomic E-state index is 12.7. The van der Waals surface area contributed by atoms with Crippen LogP contribution in [0.15, 0.2) is 30.3 Å². The summed E-state index contributed by atoms with van der Waals surface area (Å²) in [5.74, 6) is 2.91. The van der Waals surface area contributed by atoms with Gasteiger partial charge in [-0.25, -0.2) is 4.79 Å². The number of alkyl carbamates (subject to hydrolysis) is 1. The maximum absolute atomic E-state index is 12.7. The average molecular weight is 453 g/mol. The highest BCUT2D eigenvalue weighted by atomic mass is 16.5. The quantitative estimate of drug-likeness (QED) is 0.669. The number of ether oxygens (including phenoxy) is 1. The second-order valence-electron chi connectivity index (χ2n) is 11.9. The van der Waals surface area contributed by atoms with Crippen LogP contribution in [-0.4, -0.2) is 36.0 Å². The molecule has 5 heteroatoms. The van der Waals surface area contributed by atoms with E-state index in [-0.39, 0.29) is 23.0 Å². The second kappa shape index (κ2) is 8.32. The molecule has 5 nitrogen and oxygen atoms in total. The van der Waals surface area contributed by atoms with Crippen molar-refractivity contribution in [2.24, 2.45) is 34.5 Å². The summed E-state index contributed by atoms with van der Waals surface area (Å²) in [5.41, 5.74) is 1.36. The predicted molar refractivity (Wildman–Crippen MR) is 128 cm³/mol. The van der Waals surface area contributed by atoms with Crippen molar-refractivity contribution in [1.29, 1.82) is 0 Å². The number of likely N-dealkylation sites (tertiary alicyclic amines) is 1. The molecule has 1 aliphatic heterocycles. The number of carbonyl (C=O) groups excluding carboxylic acids is 2. The number of piperidine rings is 1. The average Bonchev–Trinajstić information content (AvgIpc) is 3.13. The summed E-state index contributed by atoms with van der Waals surface area (Å²) in [6.07, 6.45) is 7.13. The number of amides is 2. The van der Waals surface area contributed by atoms with Crippen LogP contribution in [0.25, 0.3) is 0 Å². The molecule has 1 aromatic carbocycles.